The molecule has 0 unspecified atom stereocenters. The van der Waals surface area contributed by atoms with Gasteiger partial charge in [0.25, 0.3) is 11.8 Å². The van der Waals surface area contributed by atoms with Gasteiger partial charge in [-0.05, 0) is 61.6 Å². The monoisotopic (exact) mass is 670 g/mol. The second-order valence-electron chi connectivity index (χ2n) is 12.1. The Labute approximate surface area is 293 Å². The molecular formula is C42H42N2O6. The lowest BCUT2D eigenvalue weighted by Gasteiger charge is -2.20. The average molecular weight is 671 g/mol. The second-order valence-corrected chi connectivity index (χ2v) is 12.1. The molecule has 0 fully saturated rings. The Kier molecular flexibility index (Phi) is 11.4. The minimum Gasteiger partial charge on any atom is -0.462 e. The Hall–Kier alpha value is -5.76. The second kappa shape index (κ2) is 16.1. The van der Waals surface area contributed by atoms with Crippen LogP contribution in [0.3, 0.4) is 0 Å². The quantitative estimate of drug-likeness (QED) is 0.107. The van der Waals surface area contributed by atoms with E-state index in [1.807, 2.05) is 79.7 Å². The standard InChI is InChI=1S/C42H42N2O6/c1-6-9-24-43-37(31-16-12-10-13-17-31)35(41(47)49-7-2)33(39(43)45)25-29-20-22-30(23-21-29)26-34-36(42(48)50-8-3)38(32-18-14-11-15-19-32)44(40(34)46)27-28(4)5/h10-23,25-26H,4,6-9,24,27H2,1-3,5H3/b33-25-,34-26-. The fourth-order valence-electron chi connectivity index (χ4n) is 6.08. The molecule has 0 atom stereocenters. The van der Waals surface area contributed by atoms with Crippen molar-refractivity contribution < 1.29 is 28.7 Å². The number of ether oxygens (including phenoxy) is 2. The fraction of sp³-hybridized carbons (Fsp3) is 0.238. The van der Waals surface area contributed by atoms with Gasteiger partial charge < -0.3 is 19.3 Å². The first-order chi connectivity index (χ1) is 24.2. The van der Waals surface area contributed by atoms with Gasteiger partial charge in [-0.1, -0.05) is 110 Å². The molecule has 2 amide bonds. The van der Waals surface area contributed by atoms with Crippen LogP contribution in [0.15, 0.2) is 119 Å². The van der Waals surface area contributed by atoms with E-state index in [0.717, 1.165) is 24.0 Å². The molecule has 0 spiro atoms. The molecule has 0 bridgehead atoms. The first-order valence-corrected chi connectivity index (χ1v) is 17.0. The maximum atomic E-state index is 14.0. The van der Waals surface area contributed by atoms with Gasteiger partial charge in [0.05, 0.1) is 46.9 Å². The molecular weight excluding hydrogens is 628 g/mol. The summed E-state index contributed by atoms with van der Waals surface area (Å²) < 4.78 is 10.9. The number of carbonyl (C=O) groups is 4. The predicted octanol–water partition coefficient (Wildman–Crippen LogP) is 7.46. The molecule has 2 aliphatic rings. The van der Waals surface area contributed by atoms with Crippen LogP contribution < -0.4 is 0 Å². The minimum atomic E-state index is -0.587. The molecule has 3 aromatic rings. The number of rotatable bonds is 13. The predicted molar refractivity (Wildman–Crippen MR) is 196 cm³/mol. The van der Waals surface area contributed by atoms with Gasteiger partial charge in [0.2, 0.25) is 0 Å². The molecule has 8 nitrogen and oxygen atoms in total. The van der Waals surface area contributed by atoms with Gasteiger partial charge in [-0.25, -0.2) is 9.59 Å². The lowest BCUT2D eigenvalue weighted by molar-refractivity contribution is -0.139. The maximum Gasteiger partial charge on any atom is 0.341 e. The SMILES string of the molecule is C=C(C)CN1C(=O)/C(=C\c2ccc(/C=C3\C(=O)N(CCCC)C(c4ccccc4)=C3C(=O)OCC)cc2)C(C(=O)OCC)=C1c1ccccc1. The number of hydrogen-bond acceptors (Lipinski definition) is 6. The lowest BCUT2D eigenvalue weighted by Crippen LogP contribution is -2.27. The van der Waals surface area contributed by atoms with Crippen LogP contribution in [0.1, 0.15) is 62.8 Å². The van der Waals surface area contributed by atoms with Gasteiger partial charge in [-0.15, -0.1) is 0 Å². The van der Waals surface area contributed by atoms with E-state index in [1.165, 1.54) is 0 Å². The Morgan fingerprint density at radius 3 is 1.48 bits per heavy atom. The van der Waals surface area contributed by atoms with Crippen molar-refractivity contribution in [2.45, 2.75) is 40.5 Å². The highest BCUT2D eigenvalue weighted by Gasteiger charge is 2.41. The number of amides is 2. The molecule has 0 N–H and O–H groups in total. The molecule has 50 heavy (non-hydrogen) atoms. The topological polar surface area (TPSA) is 93.2 Å². The van der Waals surface area contributed by atoms with Crippen LogP contribution in [0.2, 0.25) is 0 Å². The molecule has 8 heteroatoms. The smallest absolute Gasteiger partial charge is 0.341 e. The van der Waals surface area contributed by atoms with Gasteiger partial charge in [0, 0.05) is 13.1 Å². The van der Waals surface area contributed by atoms with E-state index in [4.69, 9.17) is 9.47 Å². The summed E-state index contributed by atoms with van der Waals surface area (Å²) in [5, 5.41) is 0. The van der Waals surface area contributed by atoms with Crippen LogP contribution in [0.4, 0.5) is 0 Å². The molecule has 0 aliphatic carbocycles. The Morgan fingerprint density at radius 2 is 1.08 bits per heavy atom. The lowest BCUT2D eigenvalue weighted by atomic mass is 9.99. The van der Waals surface area contributed by atoms with E-state index in [0.29, 0.717) is 34.6 Å². The summed E-state index contributed by atoms with van der Waals surface area (Å²) in [6.07, 6.45) is 5.03. The van der Waals surface area contributed by atoms with Crippen molar-refractivity contribution in [1.29, 1.82) is 0 Å². The minimum absolute atomic E-state index is 0.151. The molecule has 5 rings (SSSR count). The van der Waals surface area contributed by atoms with Gasteiger partial charge in [-0.2, -0.15) is 0 Å². The fourth-order valence-corrected chi connectivity index (χ4v) is 6.08. The zero-order valence-electron chi connectivity index (χ0n) is 29.0. The van der Waals surface area contributed by atoms with Gasteiger partial charge >= 0.3 is 11.9 Å². The number of carbonyl (C=O) groups excluding carboxylic acids is 4. The summed E-state index contributed by atoms with van der Waals surface area (Å²) in [5.41, 5.74) is 5.48. The molecule has 0 radical (unpaired) electrons. The third kappa shape index (κ3) is 7.44. The van der Waals surface area contributed by atoms with E-state index < -0.39 is 11.9 Å². The van der Waals surface area contributed by atoms with Gasteiger partial charge in [-0.3, -0.25) is 9.59 Å². The van der Waals surface area contributed by atoms with Crippen LogP contribution >= 0.6 is 0 Å². The van der Waals surface area contributed by atoms with Crippen LogP contribution in [-0.4, -0.2) is 59.9 Å². The number of benzene rings is 3. The first kappa shape index (κ1) is 35.5. The van der Waals surface area contributed by atoms with E-state index in [9.17, 15) is 19.2 Å². The number of nitrogens with zero attached hydrogens (tertiary/aromatic N) is 2. The highest BCUT2D eigenvalue weighted by atomic mass is 16.5. The molecule has 2 aliphatic heterocycles. The van der Waals surface area contributed by atoms with Crippen molar-refractivity contribution in [3.63, 3.8) is 0 Å². The molecule has 0 saturated heterocycles. The van der Waals surface area contributed by atoms with E-state index >= 15 is 0 Å². The van der Waals surface area contributed by atoms with E-state index in [2.05, 4.69) is 13.5 Å². The van der Waals surface area contributed by atoms with E-state index in [-0.39, 0.29) is 53.9 Å². The largest absolute Gasteiger partial charge is 0.462 e. The molecule has 0 saturated carbocycles. The van der Waals surface area contributed by atoms with Crippen LogP contribution in [0.25, 0.3) is 23.5 Å². The third-order valence-corrected chi connectivity index (χ3v) is 8.28. The summed E-state index contributed by atoms with van der Waals surface area (Å²) in [7, 11) is 0. The molecule has 2 heterocycles. The average Bonchev–Trinajstić information content (AvgIpc) is 3.54. The zero-order valence-corrected chi connectivity index (χ0v) is 29.0. The Bertz CT molecular complexity index is 1920. The van der Waals surface area contributed by atoms with Crippen molar-refractivity contribution in [1.82, 2.24) is 9.80 Å². The van der Waals surface area contributed by atoms with Gasteiger partial charge in [0.15, 0.2) is 0 Å². The van der Waals surface area contributed by atoms with Crippen molar-refractivity contribution in [2.75, 3.05) is 26.3 Å². The number of unbranched alkanes of at least 4 members (excludes halogenated alkanes) is 1. The van der Waals surface area contributed by atoms with Gasteiger partial charge in [0.1, 0.15) is 0 Å². The van der Waals surface area contributed by atoms with E-state index in [1.54, 1.807) is 47.9 Å². The van der Waals surface area contributed by atoms with Crippen molar-refractivity contribution in [3.05, 3.63) is 142 Å². The van der Waals surface area contributed by atoms with Crippen LogP contribution in [0.5, 0.6) is 0 Å². The van der Waals surface area contributed by atoms with Crippen molar-refractivity contribution >= 4 is 47.3 Å². The number of hydrogen-bond donors (Lipinski definition) is 0. The molecule has 3 aromatic carbocycles. The normalized spacial score (nSPS) is 16.2. The highest BCUT2D eigenvalue weighted by Crippen LogP contribution is 2.40. The summed E-state index contributed by atoms with van der Waals surface area (Å²) in [5.74, 6) is -1.74. The summed E-state index contributed by atoms with van der Waals surface area (Å²) in [4.78, 5) is 58.0. The summed E-state index contributed by atoms with van der Waals surface area (Å²) in [6, 6.07) is 25.9. The third-order valence-electron chi connectivity index (χ3n) is 8.28. The molecule has 256 valence electrons. The maximum absolute atomic E-state index is 14.0. The number of esters is 2. The Morgan fingerprint density at radius 1 is 0.660 bits per heavy atom. The first-order valence-electron chi connectivity index (χ1n) is 17.0. The summed E-state index contributed by atoms with van der Waals surface area (Å²) in [6.45, 7) is 12.4. The van der Waals surface area contributed by atoms with Crippen LogP contribution in [0, 0.1) is 0 Å². The van der Waals surface area contributed by atoms with Crippen molar-refractivity contribution in [3.8, 4) is 0 Å². The molecule has 0 aromatic heterocycles. The highest BCUT2D eigenvalue weighted by molar-refractivity contribution is 6.24. The Balaban J connectivity index is 1.59. The zero-order chi connectivity index (χ0) is 35.8. The summed E-state index contributed by atoms with van der Waals surface area (Å²) >= 11 is 0. The van der Waals surface area contributed by atoms with Crippen LogP contribution in [-0.2, 0) is 28.7 Å². The van der Waals surface area contributed by atoms with Crippen molar-refractivity contribution in [2.24, 2.45) is 0 Å².